The summed E-state index contributed by atoms with van der Waals surface area (Å²) in [5, 5.41) is 0. The van der Waals surface area contributed by atoms with Crippen LogP contribution in [-0.4, -0.2) is 55.0 Å². The zero-order chi connectivity index (χ0) is 16.7. The molecular weight excluding hydrogens is 286 g/mol. The molecule has 0 atom stereocenters. The largest absolute Gasteiger partial charge is 0.343 e. The third-order valence-corrected chi connectivity index (χ3v) is 6.25. The molecule has 2 fully saturated rings. The van der Waals surface area contributed by atoms with Gasteiger partial charge >= 0.3 is 0 Å². The summed E-state index contributed by atoms with van der Waals surface area (Å²) < 4.78 is 0. The first-order valence-corrected chi connectivity index (χ1v) is 9.82. The van der Waals surface area contributed by atoms with Crippen LogP contribution in [-0.2, 0) is 4.79 Å². The van der Waals surface area contributed by atoms with E-state index in [1.165, 1.54) is 25.8 Å². The van der Waals surface area contributed by atoms with E-state index in [0.29, 0.717) is 18.9 Å². The second-order valence-electron chi connectivity index (χ2n) is 7.75. The Kier molecular flexibility index (Phi) is 7.35. The molecule has 1 aliphatic carbocycles. The Labute approximate surface area is 142 Å². The maximum Gasteiger partial charge on any atom is 0.223 e. The second kappa shape index (κ2) is 9.03. The lowest BCUT2D eigenvalue weighted by Gasteiger charge is -2.39. The zero-order valence-electron chi connectivity index (χ0n) is 15.4. The first-order valence-electron chi connectivity index (χ1n) is 9.82. The molecule has 1 saturated carbocycles. The van der Waals surface area contributed by atoms with Crippen LogP contribution in [0.2, 0.25) is 0 Å². The van der Waals surface area contributed by atoms with E-state index in [9.17, 15) is 4.79 Å². The van der Waals surface area contributed by atoms with Gasteiger partial charge in [-0.05, 0) is 56.7 Å². The SMILES string of the molecule is CCN(CC)CC1CCN(C(=O)CC2(CN)CCCCC2)CC1. The molecule has 0 spiro atoms. The standard InChI is InChI=1S/C19H37N3O/c1-3-21(4-2)15-17-8-12-22(13-9-17)18(23)14-19(16-20)10-6-5-7-11-19/h17H,3-16,20H2,1-2H3. The molecule has 1 heterocycles. The third-order valence-electron chi connectivity index (χ3n) is 6.25. The van der Waals surface area contributed by atoms with Crippen LogP contribution in [0.4, 0.5) is 0 Å². The molecule has 4 heteroatoms. The average molecular weight is 324 g/mol. The van der Waals surface area contributed by atoms with Gasteiger partial charge in [-0.1, -0.05) is 33.1 Å². The number of carbonyl (C=O) groups excluding carboxylic acids is 1. The van der Waals surface area contributed by atoms with E-state index in [4.69, 9.17) is 5.73 Å². The molecule has 0 aromatic carbocycles. The van der Waals surface area contributed by atoms with Gasteiger partial charge in [0.25, 0.3) is 0 Å². The molecule has 2 aliphatic rings. The van der Waals surface area contributed by atoms with Crippen LogP contribution in [0.15, 0.2) is 0 Å². The molecule has 134 valence electrons. The molecule has 23 heavy (non-hydrogen) atoms. The molecule has 1 aliphatic heterocycles. The molecule has 2 rings (SSSR count). The van der Waals surface area contributed by atoms with Gasteiger partial charge in [0.1, 0.15) is 0 Å². The summed E-state index contributed by atoms with van der Waals surface area (Å²) in [6.45, 7) is 10.5. The van der Waals surface area contributed by atoms with Gasteiger partial charge in [0.05, 0.1) is 0 Å². The van der Waals surface area contributed by atoms with Gasteiger partial charge in [0.2, 0.25) is 5.91 Å². The highest BCUT2D eigenvalue weighted by molar-refractivity contribution is 5.77. The molecule has 0 aromatic rings. The van der Waals surface area contributed by atoms with Crippen molar-refractivity contribution in [3.05, 3.63) is 0 Å². The number of nitrogens with two attached hydrogens (primary N) is 1. The molecular formula is C19H37N3O. The van der Waals surface area contributed by atoms with Crippen molar-refractivity contribution in [2.45, 2.75) is 65.2 Å². The van der Waals surface area contributed by atoms with E-state index in [1.807, 2.05) is 0 Å². The Morgan fingerprint density at radius 3 is 2.26 bits per heavy atom. The minimum absolute atomic E-state index is 0.105. The van der Waals surface area contributed by atoms with E-state index in [1.54, 1.807) is 0 Å². The van der Waals surface area contributed by atoms with Crippen molar-refractivity contribution >= 4 is 5.91 Å². The maximum atomic E-state index is 12.7. The second-order valence-corrected chi connectivity index (χ2v) is 7.75. The number of rotatable bonds is 7. The van der Waals surface area contributed by atoms with E-state index < -0.39 is 0 Å². The van der Waals surface area contributed by atoms with Crippen molar-refractivity contribution < 1.29 is 4.79 Å². The van der Waals surface area contributed by atoms with Crippen molar-refractivity contribution in [1.29, 1.82) is 0 Å². The predicted molar refractivity (Wildman–Crippen MR) is 96.3 cm³/mol. The normalized spacial score (nSPS) is 22.5. The van der Waals surface area contributed by atoms with Crippen LogP contribution in [0.25, 0.3) is 0 Å². The first-order chi connectivity index (χ1) is 11.1. The lowest BCUT2D eigenvalue weighted by Crippen LogP contribution is -2.45. The van der Waals surface area contributed by atoms with Gasteiger partial charge in [0, 0.05) is 26.1 Å². The third kappa shape index (κ3) is 5.18. The van der Waals surface area contributed by atoms with Crippen molar-refractivity contribution in [2.75, 3.05) is 39.3 Å². The fraction of sp³-hybridized carbons (Fsp3) is 0.947. The first kappa shape index (κ1) is 18.7. The topological polar surface area (TPSA) is 49.6 Å². The number of piperidine rings is 1. The zero-order valence-corrected chi connectivity index (χ0v) is 15.4. The number of hydrogen-bond acceptors (Lipinski definition) is 3. The quantitative estimate of drug-likeness (QED) is 0.784. The summed E-state index contributed by atoms with van der Waals surface area (Å²) in [6, 6.07) is 0. The highest BCUT2D eigenvalue weighted by Gasteiger charge is 2.35. The van der Waals surface area contributed by atoms with Crippen molar-refractivity contribution in [2.24, 2.45) is 17.1 Å². The molecule has 0 unspecified atom stereocenters. The minimum atomic E-state index is 0.105. The van der Waals surface area contributed by atoms with Gasteiger partial charge in [-0.25, -0.2) is 0 Å². The Balaban J connectivity index is 1.79. The Hall–Kier alpha value is -0.610. The van der Waals surface area contributed by atoms with Crippen LogP contribution < -0.4 is 5.73 Å². The average Bonchev–Trinajstić information content (AvgIpc) is 2.61. The van der Waals surface area contributed by atoms with E-state index in [-0.39, 0.29) is 5.41 Å². The van der Waals surface area contributed by atoms with Crippen LogP contribution in [0.1, 0.15) is 65.2 Å². The molecule has 1 saturated heterocycles. The molecule has 4 nitrogen and oxygen atoms in total. The van der Waals surface area contributed by atoms with Crippen LogP contribution in [0.3, 0.4) is 0 Å². The van der Waals surface area contributed by atoms with E-state index in [0.717, 1.165) is 57.8 Å². The highest BCUT2D eigenvalue weighted by atomic mass is 16.2. The van der Waals surface area contributed by atoms with Gasteiger partial charge in [-0.15, -0.1) is 0 Å². The Morgan fingerprint density at radius 2 is 1.74 bits per heavy atom. The number of likely N-dealkylation sites (tertiary alicyclic amines) is 1. The summed E-state index contributed by atoms with van der Waals surface area (Å²) in [6.07, 6.45) is 9.11. The van der Waals surface area contributed by atoms with Gasteiger partial charge in [0.15, 0.2) is 0 Å². The van der Waals surface area contributed by atoms with Crippen molar-refractivity contribution in [3.63, 3.8) is 0 Å². The number of amides is 1. The maximum absolute atomic E-state index is 12.7. The summed E-state index contributed by atoms with van der Waals surface area (Å²) in [7, 11) is 0. The summed E-state index contributed by atoms with van der Waals surface area (Å²) in [5.41, 5.74) is 6.15. The lowest BCUT2D eigenvalue weighted by molar-refractivity contribution is -0.135. The van der Waals surface area contributed by atoms with Gasteiger partial charge in [-0.3, -0.25) is 4.79 Å². The number of hydrogen-bond donors (Lipinski definition) is 1. The summed E-state index contributed by atoms with van der Waals surface area (Å²) >= 11 is 0. The summed E-state index contributed by atoms with van der Waals surface area (Å²) in [4.78, 5) is 17.4. The molecule has 0 aromatic heterocycles. The van der Waals surface area contributed by atoms with Crippen LogP contribution >= 0.6 is 0 Å². The van der Waals surface area contributed by atoms with Crippen LogP contribution in [0.5, 0.6) is 0 Å². The highest BCUT2D eigenvalue weighted by Crippen LogP contribution is 2.39. The van der Waals surface area contributed by atoms with E-state index >= 15 is 0 Å². The number of nitrogens with zero attached hydrogens (tertiary/aromatic N) is 2. The fourth-order valence-electron chi connectivity index (χ4n) is 4.40. The number of carbonyl (C=O) groups is 1. The molecule has 0 bridgehead atoms. The Bertz CT molecular complexity index is 354. The van der Waals surface area contributed by atoms with Gasteiger partial charge in [-0.2, -0.15) is 0 Å². The molecule has 1 amide bonds. The molecule has 0 radical (unpaired) electrons. The van der Waals surface area contributed by atoms with Crippen LogP contribution in [0, 0.1) is 11.3 Å². The van der Waals surface area contributed by atoms with Gasteiger partial charge < -0.3 is 15.5 Å². The smallest absolute Gasteiger partial charge is 0.223 e. The lowest BCUT2D eigenvalue weighted by atomic mass is 9.71. The fourth-order valence-corrected chi connectivity index (χ4v) is 4.40. The van der Waals surface area contributed by atoms with Crippen molar-refractivity contribution in [1.82, 2.24) is 9.80 Å². The van der Waals surface area contributed by atoms with Crippen molar-refractivity contribution in [3.8, 4) is 0 Å². The minimum Gasteiger partial charge on any atom is -0.343 e. The van der Waals surface area contributed by atoms with E-state index in [2.05, 4.69) is 23.6 Å². The monoisotopic (exact) mass is 323 g/mol. The summed E-state index contributed by atoms with van der Waals surface area (Å²) in [5.74, 6) is 1.12. The Morgan fingerprint density at radius 1 is 1.13 bits per heavy atom. The molecule has 2 N–H and O–H groups in total. The predicted octanol–water partition coefficient (Wildman–Crippen LogP) is 2.87.